The second kappa shape index (κ2) is 4.78. The molecule has 0 aliphatic carbocycles. The van der Waals surface area contributed by atoms with Gasteiger partial charge in [0.15, 0.2) is 5.76 Å². The van der Waals surface area contributed by atoms with Crippen molar-refractivity contribution in [2.24, 2.45) is 0 Å². The van der Waals surface area contributed by atoms with E-state index >= 15 is 0 Å². The molecule has 3 aromatic rings. The van der Waals surface area contributed by atoms with E-state index < -0.39 is 0 Å². The highest BCUT2D eigenvalue weighted by atomic mass is 79.9. The summed E-state index contributed by atoms with van der Waals surface area (Å²) in [5.74, 6) is 0.246. The van der Waals surface area contributed by atoms with Gasteiger partial charge in [0.1, 0.15) is 5.58 Å². The number of carbonyl (C=O) groups excluding carboxylic acids is 1. The van der Waals surface area contributed by atoms with Crippen LogP contribution in [0.5, 0.6) is 0 Å². The van der Waals surface area contributed by atoms with Crippen molar-refractivity contribution in [1.29, 1.82) is 0 Å². The van der Waals surface area contributed by atoms with Gasteiger partial charge in [0.05, 0.1) is 4.34 Å². The molecule has 5 heteroatoms. The zero-order chi connectivity index (χ0) is 13.6. The number of rotatable bonds is 2. The monoisotopic (exact) mass is 354 g/mol. The first-order valence-electron chi connectivity index (χ1n) is 5.53. The number of halogens is 2. The number of furan rings is 1. The third-order valence-electron chi connectivity index (χ3n) is 2.93. The highest BCUT2D eigenvalue weighted by Gasteiger charge is 2.20. The largest absolute Gasteiger partial charge is 0.452 e. The Hall–Kier alpha value is -1.10. The van der Waals surface area contributed by atoms with Crippen LogP contribution in [-0.4, -0.2) is 5.78 Å². The van der Waals surface area contributed by atoms with Gasteiger partial charge in [0, 0.05) is 26.4 Å². The number of benzene rings is 1. The highest BCUT2D eigenvalue weighted by molar-refractivity contribution is 9.10. The average Bonchev–Trinajstić information content (AvgIpc) is 2.94. The zero-order valence-corrected chi connectivity index (χ0v) is 13.0. The van der Waals surface area contributed by atoms with Crippen molar-refractivity contribution in [3.8, 4) is 0 Å². The molecule has 2 heterocycles. The van der Waals surface area contributed by atoms with E-state index in [2.05, 4.69) is 15.9 Å². The number of aryl methyl sites for hydroxylation is 1. The summed E-state index contributed by atoms with van der Waals surface area (Å²) in [5, 5.41) is 2.69. The predicted octanol–water partition coefficient (Wildman–Crippen LogP) is 5.45. The van der Waals surface area contributed by atoms with Gasteiger partial charge < -0.3 is 4.42 Å². The molecule has 0 N–H and O–H groups in total. The van der Waals surface area contributed by atoms with Crippen LogP contribution in [-0.2, 0) is 0 Å². The molecule has 0 spiro atoms. The van der Waals surface area contributed by atoms with E-state index in [1.807, 2.05) is 25.1 Å². The molecule has 19 heavy (non-hydrogen) atoms. The van der Waals surface area contributed by atoms with Crippen LogP contribution >= 0.6 is 38.9 Å². The maximum absolute atomic E-state index is 12.4. The quantitative estimate of drug-likeness (QED) is 0.572. The third-order valence-corrected chi connectivity index (χ3v) is 4.52. The van der Waals surface area contributed by atoms with E-state index in [4.69, 9.17) is 16.0 Å². The zero-order valence-electron chi connectivity index (χ0n) is 9.87. The number of hydrogen-bond acceptors (Lipinski definition) is 3. The molecule has 0 saturated heterocycles. The Morgan fingerprint density at radius 2 is 2.16 bits per heavy atom. The molecule has 0 radical (unpaired) electrons. The Morgan fingerprint density at radius 3 is 2.84 bits per heavy atom. The molecule has 0 bridgehead atoms. The Labute approximate surface area is 127 Å². The normalized spacial score (nSPS) is 11.1. The van der Waals surface area contributed by atoms with Gasteiger partial charge in [-0.3, -0.25) is 4.79 Å². The minimum absolute atomic E-state index is 0.132. The SMILES string of the molecule is Cc1c(C(=O)c2csc(Cl)c2)oc2ccc(Br)cc12. The molecule has 2 aromatic heterocycles. The number of carbonyl (C=O) groups is 1. The number of fused-ring (bicyclic) bond motifs is 1. The lowest BCUT2D eigenvalue weighted by Crippen LogP contribution is -1.99. The molecule has 0 aliphatic rings. The minimum Gasteiger partial charge on any atom is -0.452 e. The fraction of sp³-hybridized carbons (Fsp3) is 0.0714. The molecule has 0 unspecified atom stereocenters. The molecular weight excluding hydrogens is 348 g/mol. The van der Waals surface area contributed by atoms with Crippen LogP contribution in [0.25, 0.3) is 11.0 Å². The van der Waals surface area contributed by atoms with Crippen LogP contribution in [0.1, 0.15) is 21.7 Å². The lowest BCUT2D eigenvalue weighted by molar-refractivity contribution is 0.101. The van der Waals surface area contributed by atoms with Crippen molar-refractivity contribution in [2.75, 3.05) is 0 Å². The van der Waals surface area contributed by atoms with Gasteiger partial charge in [0.2, 0.25) is 5.78 Å². The molecule has 0 atom stereocenters. The van der Waals surface area contributed by atoms with Crippen molar-refractivity contribution >= 4 is 55.6 Å². The fourth-order valence-electron chi connectivity index (χ4n) is 1.97. The second-order valence-corrected chi connectivity index (χ2v) is 6.62. The van der Waals surface area contributed by atoms with E-state index in [0.717, 1.165) is 15.4 Å². The lowest BCUT2D eigenvalue weighted by atomic mass is 10.1. The van der Waals surface area contributed by atoms with Crippen molar-refractivity contribution in [1.82, 2.24) is 0 Å². The van der Waals surface area contributed by atoms with Gasteiger partial charge in [-0.25, -0.2) is 0 Å². The van der Waals surface area contributed by atoms with Crippen LogP contribution < -0.4 is 0 Å². The Balaban J connectivity index is 2.15. The molecule has 2 nitrogen and oxygen atoms in total. The third kappa shape index (κ3) is 2.24. The van der Waals surface area contributed by atoms with Gasteiger partial charge in [-0.2, -0.15) is 0 Å². The Bertz CT molecular complexity index is 788. The van der Waals surface area contributed by atoms with Gasteiger partial charge >= 0.3 is 0 Å². The highest BCUT2D eigenvalue weighted by Crippen LogP contribution is 2.30. The van der Waals surface area contributed by atoms with E-state index in [-0.39, 0.29) is 5.78 Å². The first-order valence-corrected chi connectivity index (χ1v) is 7.58. The Kier molecular flexibility index (Phi) is 3.25. The first kappa shape index (κ1) is 12.9. The van der Waals surface area contributed by atoms with Crippen LogP contribution in [0.15, 0.2) is 38.5 Å². The van der Waals surface area contributed by atoms with Crippen molar-refractivity contribution < 1.29 is 9.21 Å². The molecular formula is C14H8BrClO2S. The lowest BCUT2D eigenvalue weighted by Gasteiger charge is -1.94. The summed E-state index contributed by atoms with van der Waals surface area (Å²) in [6, 6.07) is 7.35. The average molecular weight is 356 g/mol. The van der Waals surface area contributed by atoms with Crippen LogP contribution in [0.3, 0.4) is 0 Å². The molecule has 3 rings (SSSR count). The topological polar surface area (TPSA) is 30.2 Å². The second-order valence-electron chi connectivity index (χ2n) is 4.17. The van der Waals surface area contributed by atoms with E-state index in [1.54, 1.807) is 11.4 Å². The maximum Gasteiger partial charge on any atom is 0.229 e. The van der Waals surface area contributed by atoms with Crippen LogP contribution in [0.4, 0.5) is 0 Å². The van der Waals surface area contributed by atoms with Gasteiger partial charge in [-0.1, -0.05) is 27.5 Å². The van der Waals surface area contributed by atoms with E-state index in [0.29, 0.717) is 21.2 Å². The van der Waals surface area contributed by atoms with Gasteiger partial charge in [-0.05, 0) is 31.2 Å². The fourth-order valence-corrected chi connectivity index (χ4v) is 3.19. The smallest absolute Gasteiger partial charge is 0.229 e. The summed E-state index contributed by atoms with van der Waals surface area (Å²) in [5.41, 5.74) is 2.13. The minimum atomic E-state index is -0.132. The molecule has 0 fully saturated rings. The summed E-state index contributed by atoms with van der Waals surface area (Å²) in [6.45, 7) is 1.89. The van der Waals surface area contributed by atoms with Crippen LogP contribution in [0.2, 0.25) is 4.34 Å². The predicted molar refractivity (Wildman–Crippen MR) is 81.4 cm³/mol. The van der Waals surface area contributed by atoms with Crippen molar-refractivity contribution in [2.45, 2.75) is 6.92 Å². The van der Waals surface area contributed by atoms with Gasteiger partial charge in [0.25, 0.3) is 0 Å². The van der Waals surface area contributed by atoms with E-state index in [1.165, 1.54) is 11.3 Å². The number of thiophene rings is 1. The molecule has 0 aliphatic heterocycles. The maximum atomic E-state index is 12.4. The van der Waals surface area contributed by atoms with E-state index in [9.17, 15) is 4.79 Å². The molecule has 96 valence electrons. The summed E-state index contributed by atoms with van der Waals surface area (Å²) in [4.78, 5) is 12.4. The summed E-state index contributed by atoms with van der Waals surface area (Å²) < 4.78 is 7.23. The van der Waals surface area contributed by atoms with Gasteiger partial charge in [-0.15, -0.1) is 11.3 Å². The summed E-state index contributed by atoms with van der Waals surface area (Å²) in [6.07, 6.45) is 0. The molecule has 1 aromatic carbocycles. The number of ketones is 1. The Morgan fingerprint density at radius 1 is 1.37 bits per heavy atom. The first-order chi connectivity index (χ1) is 9.06. The standard InChI is InChI=1S/C14H8BrClO2S/c1-7-10-5-9(15)2-3-11(10)18-14(7)13(17)8-4-12(16)19-6-8/h2-6H,1H3. The summed E-state index contributed by atoms with van der Waals surface area (Å²) >= 11 is 10.6. The number of hydrogen-bond donors (Lipinski definition) is 0. The van der Waals surface area contributed by atoms with Crippen LogP contribution in [0, 0.1) is 6.92 Å². The van der Waals surface area contributed by atoms with Crippen molar-refractivity contribution in [3.05, 3.63) is 55.3 Å². The van der Waals surface area contributed by atoms with Crippen molar-refractivity contribution in [3.63, 3.8) is 0 Å². The summed E-state index contributed by atoms with van der Waals surface area (Å²) in [7, 11) is 0. The molecule has 0 saturated carbocycles. The molecule has 0 amide bonds.